The predicted octanol–water partition coefficient (Wildman–Crippen LogP) is 5.99. The highest BCUT2D eigenvalue weighted by molar-refractivity contribution is 9.10. The Balaban J connectivity index is 2.44. The maximum atomic E-state index is 13.2. The first-order chi connectivity index (χ1) is 8.50. The zero-order valence-electron chi connectivity index (χ0n) is 9.55. The maximum absolute atomic E-state index is 13.2. The van der Waals surface area contributed by atoms with Gasteiger partial charge in [-0.15, -0.1) is 11.6 Å². The first-order valence-electron chi connectivity index (χ1n) is 5.34. The van der Waals surface area contributed by atoms with Gasteiger partial charge in [-0.1, -0.05) is 40.2 Å². The summed E-state index contributed by atoms with van der Waals surface area (Å²) in [7, 11) is 0. The van der Waals surface area contributed by atoms with Gasteiger partial charge in [0.1, 0.15) is 5.82 Å². The molecule has 0 bridgehead atoms. The monoisotopic (exact) mass is 390 g/mol. The smallest absolute Gasteiger partial charge is 0.137 e. The van der Waals surface area contributed by atoms with Crippen LogP contribution < -0.4 is 0 Å². The lowest BCUT2D eigenvalue weighted by Crippen LogP contribution is -1.96. The lowest BCUT2D eigenvalue weighted by molar-refractivity contribution is 0.620. The van der Waals surface area contributed by atoms with Gasteiger partial charge in [0.15, 0.2) is 0 Å². The molecule has 18 heavy (non-hydrogen) atoms. The molecule has 0 aliphatic rings. The molecule has 0 saturated carbocycles. The Morgan fingerprint density at radius 1 is 1.17 bits per heavy atom. The maximum Gasteiger partial charge on any atom is 0.137 e. The van der Waals surface area contributed by atoms with Crippen LogP contribution in [0.4, 0.5) is 4.39 Å². The van der Waals surface area contributed by atoms with Crippen molar-refractivity contribution in [1.29, 1.82) is 0 Å². The normalized spacial score (nSPS) is 12.5. The molecule has 0 nitrogen and oxygen atoms in total. The van der Waals surface area contributed by atoms with Crippen LogP contribution in [-0.2, 0) is 0 Å². The van der Waals surface area contributed by atoms with Crippen molar-refractivity contribution in [3.63, 3.8) is 0 Å². The highest BCUT2D eigenvalue weighted by atomic mass is 79.9. The summed E-state index contributed by atoms with van der Waals surface area (Å²) in [5.74, 6) is -0.286. The van der Waals surface area contributed by atoms with E-state index in [-0.39, 0.29) is 11.2 Å². The van der Waals surface area contributed by atoms with Crippen molar-refractivity contribution >= 4 is 43.5 Å². The minimum atomic E-state index is -0.309. The number of hydrogen-bond acceptors (Lipinski definition) is 0. The van der Waals surface area contributed by atoms with Crippen molar-refractivity contribution in [2.75, 3.05) is 0 Å². The Hall–Kier alpha value is -0.380. The zero-order valence-corrected chi connectivity index (χ0v) is 13.5. The largest absolute Gasteiger partial charge is 0.206 e. The SMILES string of the molecule is Cc1cccc(C(Cl)c2ccc(F)c(Br)c2)c1Br. The average molecular weight is 392 g/mol. The van der Waals surface area contributed by atoms with Crippen LogP contribution >= 0.6 is 43.5 Å². The standard InChI is InChI=1S/C14H10Br2ClF/c1-8-3-2-4-10(13(8)16)14(17)9-5-6-12(18)11(15)7-9/h2-7,14H,1H3. The minimum Gasteiger partial charge on any atom is -0.206 e. The summed E-state index contributed by atoms with van der Waals surface area (Å²) in [6.45, 7) is 2.01. The highest BCUT2D eigenvalue weighted by Gasteiger charge is 2.16. The number of aryl methyl sites for hydroxylation is 1. The molecule has 1 unspecified atom stereocenters. The van der Waals surface area contributed by atoms with Crippen LogP contribution in [0.3, 0.4) is 0 Å². The molecule has 0 amide bonds. The van der Waals surface area contributed by atoms with Crippen LogP contribution in [0.1, 0.15) is 22.1 Å². The quantitative estimate of drug-likeness (QED) is 0.551. The molecule has 1 atom stereocenters. The van der Waals surface area contributed by atoms with E-state index in [9.17, 15) is 4.39 Å². The van der Waals surface area contributed by atoms with Gasteiger partial charge in [0, 0.05) is 4.47 Å². The van der Waals surface area contributed by atoms with Crippen molar-refractivity contribution in [3.8, 4) is 0 Å². The molecule has 0 aromatic heterocycles. The molecule has 0 aliphatic heterocycles. The van der Waals surface area contributed by atoms with Crippen molar-refractivity contribution in [1.82, 2.24) is 0 Å². The van der Waals surface area contributed by atoms with E-state index in [0.717, 1.165) is 21.2 Å². The molecule has 4 heteroatoms. The van der Waals surface area contributed by atoms with Crippen molar-refractivity contribution in [2.45, 2.75) is 12.3 Å². The van der Waals surface area contributed by atoms with Gasteiger partial charge >= 0.3 is 0 Å². The van der Waals surface area contributed by atoms with Crippen LogP contribution in [0.25, 0.3) is 0 Å². The Morgan fingerprint density at radius 2 is 1.89 bits per heavy atom. The number of halogens is 4. The fourth-order valence-electron chi connectivity index (χ4n) is 1.72. The molecule has 2 rings (SSSR count). The lowest BCUT2D eigenvalue weighted by atomic mass is 10.0. The molecule has 0 saturated heterocycles. The molecular weight excluding hydrogens is 382 g/mol. The third kappa shape index (κ3) is 2.79. The fourth-order valence-corrected chi connectivity index (χ4v) is 3.05. The molecule has 2 aromatic rings. The van der Waals surface area contributed by atoms with E-state index in [1.54, 1.807) is 12.1 Å². The van der Waals surface area contributed by atoms with E-state index in [2.05, 4.69) is 31.9 Å². The molecule has 2 aromatic carbocycles. The molecule has 94 valence electrons. The van der Waals surface area contributed by atoms with E-state index in [0.29, 0.717) is 4.47 Å². The number of benzene rings is 2. The summed E-state index contributed by atoms with van der Waals surface area (Å²) in [5.41, 5.74) is 2.96. The van der Waals surface area contributed by atoms with Crippen LogP contribution in [0.2, 0.25) is 0 Å². The van der Waals surface area contributed by atoms with Crippen molar-refractivity contribution in [2.24, 2.45) is 0 Å². The van der Waals surface area contributed by atoms with E-state index in [1.165, 1.54) is 6.07 Å². The number of alkyl halides is 1. The molecule has 0 aliphatic carbocycles. The summed E-state index contributed by atoms with van der Waals surface area (Å²) in [6, 6.07) is 10.8. The van der Waals surface area contributed by atoms with Crippen LogP contribution in [0.15, 0.2) is 45.3 Å². The summed E-state index contributed by atoms with van der Waals surface area (Å²) < 4.78 is 14.6. The molecule has 0 fully saturated rings. The van der Waals surface area contributed by atoms with Gasteiger partial charge in [-0.2, -0.15) is 0 Å². The van der Waals surface area contributed by atoms with Gasteiger partial charge in [-0.05, 0) is 51.7 Å². The molecule has 0 heterocycles. The van der Waals surface area contributed by atoms with Gasteiger partial charge in [0.25, 0.3) is 0 Å². The Labute approximate surface area is 127 Å². The summed E-state index contributed by atoms with van der Waals surface area (Å²) in [6.07, 6.45) is 0. The summed E-state index contributed by atoms with van der Waals surface area (Å²) in [4.78, 5) is 0. The molecule has 0 N–H and O–H groups in total. The first kappa shape index (κ1) is 14.0. The number of rotatable bonds is 2. The molecular formula is C14H10Br2ClF. The van der Waals surface area contributed by atoms with Gasteiger partial charge in [0.05, 0.1) is 9.85 Å². The first-order valence-corrected chi connectivity index (χ1v) is 7.37. The van der Waals surface area contributed by atoms with Crippen LogP contribution in [0, 0.1) is 12.7 Å². The van der Waals surface area contributed by atoms with Gasteiger partial charge in [-0.3, -0.25) is 0 Å². The molecule has 0 spiro atoms. The lowest BCUT2D eigenvalue weighted by Gasteiger charge is -2.14. The van der Waals surface area contributed by atoms with E-state index in [4.69, 9.17) is 11.6 Å². The van der Waals surface area contributed by atoms with E-state index < -0.39 is 0 Å². The fraction of sp³-hybridized carbons (Fsp3) is 0.143. The molecule has 0 radical (unpaired) electrons. The minimum absolute atomic E-state index is 0.286. The Morgan fingerprint density at radius 3 is 2.56 bits per heavy atom. The second-order valence-electron chi connectivity index (χ2n) is 4.01. The summed E-state index contributed by atoms with van der Waals surface area (Å²) in [5, 5.41) is -0.309. The second kappa shape index (κ2) is 5.72. The van der Waals surface area contributed by atoms with Crippen LogP contribution in [0.5, 0.6) is 0 Å². The van der Waals surface area contributed by atoms with Crippen LogP contribution in [-0.4, -0.2) is 0 Å². The predicted molar refractivity (Wildman–Crippen MR) is 80.7 cm³/mol. The van der Waals surface area contributed by atoms with Gasteiger partial charge in [-0.25, -0.2) is 4.39 Å². The topological polar surface area (TPSA) is 0 Å². The van der Waals surface area contributed by atoms with Gasteiger partial charge < -0.3 is 0 Å². The third-order valence-corrected chi connectivity index (χ3v) is 4.91. The summed E-state index contributed by atoms with van der Waals surface area (Å²) >= 11 is 13.2. The average Bonchev–Trinajstić information content (AvgIpc) is 2.35. The Bertz CT molecular complexity index is 584. The zero-order chi connectivity index (χ0) is 13.3. The third-order valence-electron chi connectivity index (χ3n) is 2.73. The van der Waals surface area contributed by atoms with E-state index >= 15 is 0 Å². The van der Waals surface area contributed by atoms with E-state index in [1.807, 2.05) is 25.1 Å². The van der Waals surface area contributed by atoms with Gasteiger partial charge in [0.2, 0.25) is 0 Å². The van der Waals surface area contributed by atoms with Crippen molar-refractivity contribution < 1.29 is 4.39 Å². The number of hydrogen-bond donors (Lipinski definition) is 0. The highest BCUT2D eigenvalue weighted by Crippen LogP contribution is 2.36. The Kier molecular flexibility index (Phi) is 4.46. The second-order valence-corrected chi connectivity index (χ2v) is 6.10. The van der Waals surface area contributed by atoms with Crippen molar-refractivity contribution in [3.05, 3.63) is 67.9 Å².